The zero-order chi connectivity index (χ0) is 21.6. The van der Waals surface area contributed by atoms with Gasteiger partial charge in [-0.15, -0.1) is 10.2 Å². The van der Waals surface area contributed by atoms with Gasteiger partial charge in [-0.3, -0.25) is 4.79 Å². The van der Waals surface area contributed by atoms with Crippen LogP contribution in [0.1, 0.15) is 11.5 Å². The topological polar surface area (TPSA) is 86.5 Å². The first kappa shape index (κ1) is 21.5. The van der Waals surface area contributed by atoms with Crippen LogP contribution in [0.2, 0.25) is 0 Å². The molecule has 3 aromatic rings. The summed E-state index contributed by atoms with van der Waals surface area (Å²) in [6.07, 6.45) is -4.57. The number of anilines is 1. The fourth-order valence-corrected chi connectivity index (χ4v) is 2.92. The Kier molecular flexibility index (Phi) is 6.83. The predicted octanol–water partition coefficient (Wildman–Crippen LogP) is 4.41. The lowest BCUT2D eigenvalue weighted by molar-refractivity contribution is -0.137. The Labute approximate surface area is 173 Å². The minimum Gasteiger partial charge on any atom is -0.497 e. The standard InChI is InChI=1S/C19H16F3N3O4S/c1-27-12-5-4-6-13(9-12)28-10-17-24-25-18(29-17)30-11-16(26)23-15-8-3-2-7-14(15)19(20,21)22/h2-9H,10-11H2,1H3,(H,23,26). The van der Waals surface area contributed by atoms with Gasteiger partial charge in [-0.1, -0.05) is 30.0 Å². The van der Waals surface area contributed by atoms with Crippen LogP contribution < -0.4 is 14.8 Å². The summed E-state index contributed by atoms with van der Waals surface area (Å²) in [5.74, 6) is 0.522. The van der Waals surface area contributed by atoms with E-state index < -0.39 is 17.6 Å². The molecule has 0 aliphatic rings. The molecule has 158 valence electrons. The minimum atomic E-state index is -4.57. The van der Waals surface area contributed by atoms with E-state index in [1.165, 1.54) is 18.2 Å². The molecule has 2 aromatic carbocycles. The van der Waals surface area contributed by atoms with E-state index >= 15 is 0 Å². The SMILES string of the molecule is COc1cccc(OCc2nnc(SCC(=O)Nc3ccccc3C(F)(F)F)o2)c1. The Morgan fingerprint density at radius 3 is 2.67 bits per heavy atom. The second kappa shape index (κ2) is 9.53. The summed E-state index contributed by atoms with van der Waals surface area (Å²) >= 11 is 0.901. The van der Waals surface area contributed by atoms with Gasteiger partial charge in [0, 0.05) is 6.07 Å². The molecule has 1 amide bonds. The summed E-state index contributed by atoms with van der Waals surface area (Å²) in [5, 5.41) is 9.93. The Bertz CT molecular complexity index is 1010. The highest BCUT2D eigenvalue weighted by atomic mass is 32.2. The summed E-state index contributed by atoms with van der Waals surface area (Å²) in [5.41, 5.74) is -1.23. The normalized spacial score (nSPS) is 11.2. The Hall–Kier alpha value is -3.21. The average Bonchev–Trinajstić information content (AvgIpc) is 3.18. The van der Waals surface area contributed by atoms with Gasteiger partial charge in [0.2, 0.25) is 5.91 Å². The van der Waals surface area contributed by atoms with Crippen molar-refractivity contribution < 1.29 is 31.9 Å². The van der Waals surface area contributed by atoms with Gasteiger partial charge in [0.15, 0.2) is 6.61 Å². The number of nitrogens with zero attached hydrogens (tertiary/aromatic N) is 2. The molecule has 0 spiro atoms. The number of carbonyl (C=O) groups is 1. The highest BCUT2D eigenvalue weighted by molar-refractivity contribution is 7.99. The average molecular weight is 439 g/mol. The molecule has 3 rings (SSSR count). The molecule has 0 saturated heterocycles. The third-order valence-electron chi connectivity index (χ3n) is 3.69. The summed E-state index contributed by atoms with van der Waals surface area (Å²) in [6, 6.07) is 11.7. The van der Waals surface area contributed by atoms with Crippen LogP contribution >= 0.6 is 11.8 Å². The van der Waals surface area contributed by atoms with E-state index in [0.717, 1.165) is 17.8 Å². The second-order valence-corrected chi connectivity index (χ2v) is 6.74. The Morgan fingerprint density at radius 1 is 1.13 bits per heavy atom. The van der Waals surface area contributed by atoms with Crippen molar-refractivity contribution in [2.45, 2.75) is 18.0 Å². The summed E-state index contributed by atoms with van der Waals surface area (Å²) in [4.78, 5) is 12.0. The van der Waals surface area contributed by atoms with Crippen LogP contribution in [0.15, 0.2) is 58.2 Å². The molecule has 0 fully saturated rings. The second-order valence-electron chi connectivity index (χ2n) is 5.81. The van der Waals surface area contributed by atoms with Crippen molar-refractivity contribution in [3.8, 4) is 11.5 Å². The van der Waals surface area contributed by atoms with Gasteiger partial charge in [0.05, 0.1) is 24.1 Å². The third kappa shape index (κ3) is 5.89. The molecule has 1 N–H and O–H groups in total. The van der Waals surface area contributed by atoms with E-state index in [0.29, 0.717) is 11.5 Å². The van der Waals surface area contributed by atoms with Crippen molar-refractivity contribution in [2.75, 3.05) is 18.2 Å². The summed E-state index contributed by atoms with van der Waals surface area (Å²) in [7, 11) is 1.54. The van der Waals surface area contributed by atoms with Crippen molar-refractivity contribution in [1.82, 2.24) is 10.2 Å². The molecular formula is C19H16F3N3O4S. The summed E-state index contributed by atoms with van der Waals surface area (Å²) < 4.78 is 54.9. The number of benzene rings is 2. The van der Waals surface area contributed by atoms with Crippen molar-refractivity contribution in [3.63, 3.8) is 0 Å². The molecular weight excluding hydrogens is 423 g/mol. The monoisotopic (exact) mass is 439 g/mol. The number of para-hydroxylation sites is 1. The molecule has 11 heteroatoms. The maximum absolute atomic E-state index is 13.0. The zero-order valence-corrected chi connectivity index (χ0v) is 16.4. The van der Waals surface area contributed by atoms with Gasteiger partial charge in [0.25, 0.3) is 11.1 Å². The van der Waals surface area contributed by atoms with Crippen molar-refractivity contribution >= 4 is 23.4 Å². The van der Waals surface area contributed by atoms with Gasteiger partial charge in [0.1, 0.15) is 11.5 Å². The molecule has 0 saturated carbocycles. The van der Waals surface area contributed by atoms with E-state index in [9.17, 15) is 18.0 Å². The van der Waals surface area contributed by atoms with Crippen LogP contribution in [-0.2, 0) is 17.6 Å². The maximum atomic E-state index is 13.0. The molecule has 1 aromatic heterocycles. The smallest absolute Gasteiger partial charge is 0.418 e. The number of hydrogen-bond donors (Lipinski definition) is 1. The molecule has 1 heterocycles. The number of rotatable bonds is 8. The Morgan fingerprint density at radius 2 is 1.90 bits per heavy atom. The number of halogens is 3. The van der Waals surface area contributed by atoms with Crippen LogP contribution in [0.3, 0.4) is 0 Å². The van der Waals surface area contributed by atoms with E-state index in [2.05, 4.69) is 15.5 Å². The van der Waals surface area contributed by atoms with Crippen molar-refractivity contribution in [3.05, 3.63) is 60.0 Å². The first-order valence-electron chi connectivity index (χ1n) is 8.53. The van der Waals surface area contributed by atoms with Gasteiger partial charge in [-0.05, 0) is 24.3 Å². The van der Waals surface area contributed by atoms with E-state index in [-0.39, 0.29) is 29.2 Å². The molecule has 30 heavy (non-hydrogen) atoms. The third-order valence-corrected chi connectivity index (χ3v) is 4.50. The van der Waals surface area contributed by atoms with E-state index in [1.807, 2.05) is 0 Å². The lowest BCUT2D eigenvalue weighted by Crippen LogP contribution is -2.18. The van der Waals surface area contributed by atoms with Gasteiger partial charge in [-0.2, -0.15) is 13.2 Å². The van der Waals surface area contributed by atoms with Crippen molar-refractivity contribution in [2.24, 2.45) is 0 Å². The van der Waals surface area contributed by atoms with Gasteiger partial charge < -0.3 is 19.2 Å². The van der Waals surface area contributed by atoms with Crippen LogP contribution in [-0.4, -0.2) is 29.0 Å². The number of amides is 1. The molecule has 0 unspecified atom stereocenters. The first-order chi connectivity index (χ1) is 14.3. The Balaban J connectivity index is 1.51. The molecule has 0 aliphatic carbocycles. The fraction of sp³-hybridized carbons (Fsp3) is 0.211. The largest absolute Gasteiger partial charge is 0.497 e. The fourth-order valence-electron chi connectivity index (χ4n) is 2.34. The molecule has 0 bridgehead atoms. The zero-order valence-electron chi connectivity index (χ0n) is 15.6. The van der Waals surface area contributed by atoms with Gasteiger partial charge in [-0.25, -0.2) is 0 Å². The number of ether oxygens (including phenoxy) is 2. The quantitative estimate of drug-likeness (QED) is 0.521. The number of thioether (sulfide) groups is 1. The number of alkyl halides is 3. The minimum absolute atomic E-state index is 0.00584. The highest BCUT2D eigenvalue weighted by Crippen LogP contribution is 2.34. The lowest BCUT2D eigenvalue weighted by Gasteiger charge is -2.13. The number of methoxy groups -OCH3 is 1. The highest BCUT2D eigenvalue weighted by Gasteiger charge is 2.33. The van der Waals surface area contributed by atoms with Crippen LogP contribution in [0.25, 0.3) is 0 Å². The lowest BCUT2D eigenvalue weighted by atomic mass is 10.1. The molecule has 7 nitrogen and oxygen atoms in total. The van der Waals surface area contributed by atoms with E-state index in [1.54, 1.807) is 31.4 Å². The number of nitrogens with one attached hydrogen (secondary N) is 1. The van der Waals surface area contributed by atoms with E-state index in [4.69, 9.17) is 13.9 Å². The van der Waals surface area contributed by atoms with Crippen molar-refractivity contribution in [1.29, 1.82) is 0 Å². The van der Waals surface area contributed by atoms with Crippen LogP contribution in [0, 0.1) is 0 Å². The van der Waals surface area contributed by atoms with Crippen LogP contribution in [0.5, 0.6) is 11.5 Å². The van der Waals surface area contributed by atoms with Crippen LogP contribution in [0.4, 0.5) is 18.9 Å². The molecule has 0 radical (unpaired) electrons. The maximum Gasteiger partial charge on any atom is 0.418 e. The predicted molar refractivity (Wildman–Crippen MR) is 102 cm³/mol. The summed E-state index contributed by atoms with van der Waals surface area (Å²) in [6.45, 7) is 0.00584. The molecule has 0 atom stereocenters. The van der Waals surface area contributed by atoms with Gasteiger partial charge >= 0.3 is 6.18 Å². The number of aromatic nitrogens is 2. The number of carbonyl (C=O) groups excluding carboxylic acids is 1. The first-order valence-corrected chi connectivity index (χ1v) is 9.52. The molecule has 0 aliphatic heterocycles. The number of hydrogen-bond acceptors (Lipinski definition) is 7.